The molecule has 4 rings (SSSR count). The van der Waals surface area contributed by atoms with Crippen LogP contribution in [0.5, 0.6) is 0 Å². The first-order valence-electron chi connectivity index (χ1n) is 8.54. The van der Waals surface area contributed by atoms with E-state index in [0.717, 1.165) is 4.31 Å². The van der Waals surface area contributed by atoms with Crippen molar-refractivity contribution in [1.82, 2.24) is 9.21 Å². The van der Waals surface area contributed by atoms with Crippen LogP contribution in [0.2, 0.25) is 0 Å². The summed E-state index contributed by atoms with van der Waals surface area (Å²) >= 11 is 1.55. The number of fused-ring (bicyclic) bond motifs is 2. The molecule has 0 saturated carbocycles. The normalized spacial score (nSPS) is 28.4. The summed E-state index contributed by atoms with van der Waals surface area (Å²) in [4.78, 5) is 38.0. The van der Waals surface area contributed by atoms with Crippen LogP contribution in [0.15, 0.2) is 29.2 Å². The van der Waals surface area contributed by atoms with E-state index in [1.807, 2.05) is 6.92 Å². The summed E-state index contributed by atoms with van der Waals surface area (Å²) in [5, 5.41) is 0. The lowest BCUT2D eigenvalue weighted by Crippen LogP contribution is -2.47. The summed E-state index contributed by atoms with van der Waals surface area (Å²) < 4.78 is 30.9. The molecular formula is C17H18N2O6S2. The Bertz CT molecular complexity index is 946. The highest BCUT2D eigenvalue weighted by Gasteiger charge is 2.53. The fourth-order valence-corrected chi connectivity index (χ4v) is 6.74. The van der Waals surface area contributed by atoms with Gasteiger partial charge in [0.15, 0.2) is 0 Å². The third-order valence-corrected chi connectivity index (χ3v) is 8.51. The lowest BCUT2D eigenvalue weighted by atomic mass is 10.2. The fraction of sp³-hybridized carbons (Fsp3) is 0.471. The van der Waals surface area contributed by atoms with E-state index in [-0.39, 0.29) is 34.4 Å². The van der Waals surface area contributed by atoms with Gasteiger partial charge in [0.05, 0.1) is 17.0 Å². The number of benzene rings is 1. The largest absolute Gasteiger partial charge is 0.462 e. The molecule has 1 aromatic rings. The molecule has 8 nitrogen and oxygen atoms in total. The molecule has 0 radical (unpaired) electrons. The zero-order chi connectivity index (χ0) is 19.4. The Morgan fingerprint density at radius 1 is 1.33 bits per heavy atom. The molecule has 0 aromatic heterocycles. The minimum absolute atomic E-state index is 0.0352. The summed E-state index contributed by atoms with van der Waals surface area (Å²) in [5.41, 5.74) is 0.120. The number of hydrogen-bond donors (Lipinski definition) is 0. The molecule has 2 fully saturated rings. The molecule has 144 valence electrons. The van der Waals surface area contributed by atoms with Gasteiger partial charge >= 0.3 is 5.97 Å². The molecule has 2 saturated heterocycles. The highest BCUT2D eigenvalue weighted by atomic mass is 32.2. The second-order valence-corrected chi connectivity index (χ2v) is 10.1. The van der Waals surface area contributed by atoms with Crippen LogP contribution < -0.4 is 0 Å². The average Bonchev–Trinajstić information content (AvgIpc) is 3.19. The van der Waals surface area contributed by atoms with Crippen LogP contribution in [0, 0.1) is 0 Å². The van der Waals surface area contributed by atoms with E-state index >= 15 is 0 Å². The lowest BCUT2D eigenvalue weighted by molar-refractivity contribution is -0.153. The van der Waals surface area contributed by atoms with Crippen LogP contribution in [0.25, 0.3) is 0 Å². The molecule has 10 heteroatoms. The molecular weight excluding hydrogens is 392 g/mol. The molecule has 0 N–H and O–H groups in total. The second kappa shape index (κ2) is 6.23. The zero-order valence-corrected chi connectivity index (χ0v) is 16.2. The van der Waals surface area contributed by atoms with E-state index in [1.165, 1.54) is 12.1 Å². The Morgan fingerprint density at radius 2 is 2.07 bits per heavy atom. The van der Waals surface area contributed by atoms with E-state index in [1.54, 1.807) is 28.8 Å². The van der Waals surface area contributed by atoms with Gasteiger partial charge in [-0.05, 0) is 25.5 Å². The Kier molecular flexibility index (Phi) is 4.22. The number of ether oxygens (including phenoxy) is 1. The van der Waals surface area contributed by atoms with Crippen molar-refractivity contribution < 1.29 is 27.5 Å². The van der Waals surface area contributed by atoms with E-state index < -0.39 is 27.9 Å². The molecule has 3 aliphatic heterocycles. The van der Waals surface area contributed by atoms with Gasteiger partial charge in [-0.3, -0.25) is 9.59 Å². The third kappa shape index (κ3) is 2.73. The van der Waals surface area contributed by atoms with Crippen LogP contribution in [0.3, 0.4) is 0 Å². The van der Waals surface area contributed by atoms with Crippen molar-refractivity contribution in [1.29, 1.82) is 0 Å². The molecule has 3 aliphatic rings. The molecule has 27 heavy (non-hydrogen) atoms. The fourth-order valence-electron chi connectivity index (χ4n) is 3.77. The zero-order valence-electron chi connectivity index (χ0n) is 14.6. The van der Waals surface area contributed by atoms with Gasteiger partial charge in [0.2, 0.25) is 5.91 Å². The van der Waals surface area contributed by atoms with Crippen molar-refractivity contribution in [3.63, 3.8) is 0 Å². The maximum absolute atomic E-state index is 12.5. The maximum atomic E-state index is 12.5. The maximum Gasteiger partial charge on any atom is 0.329 e. The quantitative estimate of drug-likeness (QED) is 0.678. The molecule has 0 bridgehead atoms. The molecule has 0 unspecified atom stereocenters. The van der Waals surface area contributed by atoms with Crippen LogP contribution >= 0.6 is 11.8 Å². The summed E-state index contributed by atoms with van der Waals surface area (Å²) in [7, 11) is -3.92. The van der Waals surface area contributed by atoms with Gasteiger partial charge < -0.3 is 9.64 Å². The first-order chi connectivity index (χ1) is 12.8. The third-order valence-electron chi connectivity index (χ3n) is 5.17. The van der Waals surface area contributed by atoms with E-state index in [4.69, 9.17) is 4.74 Å². The van der Waals surface area contributed by atoms with Gasteiger partial charge in [-0.2, -0.15) is 0 Å². The van der Waals surface area contributed by atoms with Crippen LogP contribution in [-0.2, 0) is 24.3 Å². The number of rotatable bonds is 4. The summed E-state index contributed by atoms with van der Waals surface area (Å²) in [6.07, 6.45) is 1.10. The smallest absolute Gasteiger partial charge is 0.329 e. The summed E-state index contributed by atoms with van der Waals surface area (Å²) in [6.45, 7) is 1.42. The number of carbonyl (C=O) groups excluding carboxylic acids is 3. The molecule has 3 heterocycles. The van der Waals surface area contributed by atoms with Gasteiger partial charge in [0.1, 0.15) is 17.5 Å². The average molecular weight is 410 g/mol. The van der Waals surface area contributed by atoms with Crippen molar-refractivity contribution in [3.05, 3.63) is 29.8 Å². The minimum Gasteiger partial charge on any atom is -0.462 e. The molecule has 0 aliphatic carbocycles. The number of thioether (sulfide) groups is 1. The van der Waals surface area contributed by atoms with Crippen molar-refractivity contribution in [2.75, 3.05) is 18.9 Å². The van der Waals surface area contributed by atoms with E-state index in [9.17, 15) is 22.8 Å². The number of hydrogen-bond acceptors (Lipinski definition) is 7. The number of sulfonamides is 1. The van der Waals surface area contributed by atoms with Gasteiger partial charge in [-0.15, -0.1) is 11.8 Å². The minimum atomic E-state index is -3.92. The van der Waals surface area contributed by atoms with Crippen molar-refractivity contribution in [3.8, 4) is 0 Å². The lowest BCUT2D eigenvalue weighted by Gasteiger charge is -2.29. The molecule has 2 atom stereocenters. The topological polar surface area (TPSA) is 101 Å². The van der Waals surface area contributed by atoms with Gasteiger partial charge in [0, 0.05) is 12.2 Å². The number of nitrogens with zero attached hydrogens (tertiary/aromatic N) is 2. The monoisotopic (exact) mass is 410 g/mol. The Morgan fingerprint density at radius 3 is 2.81 bits per heavy atom. The van der Waals surface area contributed by atoms with E-state index in [2.05, 4.69) is 0 Å². The molecule has 2 amide bonds. The number of carbonyl (C=O) groups is 3. The van der Waals surface area contributed by atoms with Crippen molar-refractivity contribution >= 4 is 39.6 Å². The number of amides is 2. The van der Waals surface area contributed by atoms with Crippen LogP contribution in [-0.4, -0.2) is 65.2 Å². The molecule has 1 aromatic carbocycles. The second-order valence-electron chi connectivity index (χ2n) is 6.81. The van der Waals surface area contributed by atoms with Gasteiger partial charge in [-0.25, -0.2) is 17.5 Å². The first kappa shape index (κ1) is 18.3. The Hall–Kier alpha value is -2.07. The SMILES string of the molecule is C[C@@]12CCC(=O)N1[C@H](C(=O)OCCN1C(=O)c3ccccc3S1(=O)=O)CS2. The highest BCUT2D eigenvalue weighted by Crippen LogP contribution is 2.47. The van der Waals surface area contributed by atoms with E-state index in [0.29, 0.717) is 18.6 Å². The Balaban J connectivity index is 1.40. The summed E-state index contributed by atoms with van der Waals surface area (Å²) in [6, 6.07) is 5.31. The van der Waals surface area contributed by atoms with Crippen molar-refractivity contribution in [2.24, 2.45) is 0 Å². The predicted molar refractivity (Wildman–Crippen MR) is 96.4 cm³/mol. The number of esters is 1. The standard InChI is InChI=1S/C17H18N2O6S2/c1-17-7-6-14(20)19(17)12(10-26-17)16(22)25-9-8-18-15(21)11-4-2-3-5-13(11)27(18,23)24/h2-5,12H,6-10H2,1H3/t12-,17+/m0/s1. The summed E-state index contributed by atoms with van der Waals surface area (Å²) in [5.74, 6) is -0.811. The highest BCUT2D eigenvalue weighted by molar-refractivity contribution is 8.01. The predicted octanol–water partition coefficient (Wildman–Crippen LogP) is 0.828. The van der Waals surface area contributed by atoms with Crippen LogP contribution in [0.1, 0.15) is 30.1 Å². The van der Waals surface area contributed by atoms with Crippen molar-refractivity contribution in [2.45, 2.75) is 35.6 Å². The molecule has 0 spiro atoms. The van der Waals surface area contributed by atoms with Gasteiger partial charge in [0.25, 0.3) is 15.9 Å². The van der Waals surface area contributed by atoms with Gasteiger partial charge in [-0.1, -0.05) is 12.1 Å². The first-order valence-corrected chi connectivity index (χ1v) is 11.0. The Labute approximate surface area is 160 Å². The van der Waals surface area contributed by atoms with Crippen LogP contribution in [0.4, 0.5) is 0 Å².